The molecular formula is C21H26N6O3. The lowest BCUT2D eigenvalue weighted by Crippen LogP contribution is -2.35. The van der Waals surface area contributed by atoms with Crippen molar-refractivity contribution < 1.29 is 9.59 Å². The fourth-order valence-corrected chi connectivity index (χ4v) is 3.91. The number of aryl methyl sites for hydroxylation is 2. The van der Waals surface area contributed by atoms with Gasteiger partial charge in [-0.05, 0) is 38.3 Å². The van der Waals surface area contributed by atoms with E-state index in [1.54, 1.807) is 9.58 Å². The number of Topliss-reactive ketones (excluding diaryl/α,β-unsaturated/α-hetero) is 1. The van der Waals surface area contributed by atoms with Crippen LogP contribution >= 0.6 is 0 Å². The van der Waals surface area contributed by atoms with Crippen molar-refractivity contribution in [2.45, 2.75) is 58.2 Å². The maximum atomic E-state index is 12.6. The summed E-state index contributed by atoms with van der Waals surface area (Å²) in [6.45, 7) is 3.11. The minimum Gasteiger partial charge on any atom is -0.351 e. The second-order valence-corrected chi connectivity index (χ2v) is 7.70. The number of hydrogen-bond donors (Lipinski definition) is 1. The third-order valence-electron chi connectivity index (χ3n) is 5.53. The monoisotopic (exact) mass is 410 g/mol. The van der Waals surface area contributed by atoms with Gasteiger partial charge < -0.3 is 5.32 Å². The number of anilines is 1. The molecule has 0 saturated carbocycles. The Morgan fingerprint density at radius 3 is 2.73 bits per heavy atom. The maximum absolute atomic E-state index is 12.6. The summed E-state index contributed by atoms with van der Waals surface area (Å²) >= 11 is 0. The van der Waals surface area contributed by atoms with Crippen molar-refractivity contribution in [1.82, 2.24) is 19.7 Å². The molecule has 2 aromatic rings. The summed E-state index contributed by atoms with van der Waals surface area (Å²) in [7, 11) is 0. The van der Waals surface area contributed by atoms with E-state index in [1.807, 2.05) is 30.3 Å². The quantitative estimate of drug-likeness (QED) is 0.689. The molecule has 1 aromatic carbocycles. The van der Waals surface area contributed by atoms with Crippen LogP contribution < -0.4 is 16.0 Å². The highest BCUT2D eigenvalue weighted by Crippen LogP contribution is 2.24. The largest absolute Gasteiger partial charge is 0.351 e. The summed E-state index contributed by atoms with van der Waals surface area (Å²) in [4.78, 5) is 36.9. The number of amides is 1. The molecule has 2 aliphatic heterocycles. The lowest BCUT2D eigenvalue weighted by molar-refractivity contribution is -0.118. The number of benzene rings is 1. The average molecular weight is 410 g/mol. The first-order valence-electron chi connectivity index (χ1n) is 10.4. The van der Waals surface area contributed by atoms with Gasteiger partial charge in [-0.1, -0.05) is 18.2 Å². The molecule has 3 heterocycles. The molecule has 0 aliphatic carbocycles. The molecule has 0 saturated heterocycles. The van der Waals surface area contributed by atoms with E-state index < -0.39 is 6.04 Å². The van der Waals surface area contributed by atoms with E-state index in [9.17, 15) is 14.4 Å². The number of nitrogens with zero attached hydrogens (tertiary/aromatic N) is 5. The van der Waals surface area contributed by atoms with Crippen LogP contribution in [0.1, 0.15) is 38.4 Å². The maximum Gasteiger partial charge on any atom is 0.345 e. The van der Waals surface area contributed by atoms with Gasteiger partial charge in [0.15, 0.2) is 5.78 Å². The molecule has 2 aliphatic rings. The van der Waals surface area contributed by atoms with Crippen LogP contribution in [-0.2, 0) is 29.1 Å². The van der Waals surface area contributed by atoms with E-state index >= 15 is 0 Å². The van der Waals surface area contributed by atoms with E-state index in [-0.39, 0.29) is 23.8 Å². The Kier molecular flexibility index (Phi) is 5.78. The van der Waals surface area contributed by atoms with Gasteiger partial charge in [0, 0.05) is 32.5 Å². The van der Waals surface area contributed by atoms with Gasteiger partial charge in [-0.15, -0.1) is 0 Å². The zero-order valence-electron chi connectivity index (χ0n) is 17.1. The SMILES string of the molecule is CC(=O)C1CC(C(=O)NCCCn2nc3n(c2=O)CCCC3)=NN1c1ccccc1. The Labute approximate surface area is 174 Å². The topological polar surface area (TPSA) is 102 Å². The predicted molar refractivity (Wildman–Crippen MR) is 112 cm³/mol. The molecule has 0 spiro atoms. The molecule has 30 heavy (non-hydrogen) atoms. The molecule has 158 valence electrons. The van der Waals surface area contributed by atoms with E-state index in [0.717, 1.165) is 37.3 Å². The van der Waals surface area contributed by atoms with Gasteiger partial charge in [0.1, 0.15) is 17.6 Å². The lowest BCUT2D eigenvalue weighted by Gasteiger charge is -2.20. The fourth-order valence-electron chi connectivity index (χ4n) is 3.91. The molecule has 1 aromatic heterocycles. The highest BCUT2D eigenvalue weighted by atomic mass is 16.2. The average Bonchev–Trinajstić information content (AvgIpc) is 3.34. The van der Waals surface area contributed by atoms with Crippen molar-refractivity contribution >= 4 is 23.1 Å². The molecule has 1 atom stereocenters. The third kappa shape index (κ3) is 4.05. The predicted octanol–water partition coefficient (Wildman–Crippen LogP) is 1.11. The minimum absolute atomic E-state index is 0.0338. The zero-order chi connectivity index (χ0) is 21.1. The van der Waals surface area contributed by atoms with Crippen LogP contribution in [-0.4, -0.2) is 44.3 Å². The molecule has 0 fully saturated rings. The number of hydrazone groups is 1. The Morgan fingerprint density at radius 1 is 1.20 bits per heavy atom. The summed E-state index contributed by atoms with van der Waals surface area (Å²) in [6.07, 6.45) is 3.79. The zero-order valence-corrected chi connectivity index (χ0v) is 17.1. The van der Waals surface area contributed by atoms with Crippen LogP contribution in [0, 0.1) is 0 Å². The fraction of sp³-hybridized carbons (Fsp3) is 0.476. The summed E-state index contributed by atoms with van der Waals surface area (Å²) in [5.74, 6) is 0.538. The second-order valence-electron chi connectivity index (χ2n) is 7.70. The number of fused-ring (bicyclic) bond motifs is 1. The lowest BCUT2D eigenvalue weighted by atomic mass is 10.1. The Balaban J connectivity index is 1.33. The summed E-state index contributed by atoms with van der Waals surface area (Å²) in [6, 6.07) is 8.89. The molecule has 1 N–H and O–H groups in total. The van der Waals surface area contributed by atoms with Gasteiger partial charge in [-0.3, -0.25) is 19.2 Å². The van der Waals surface area contributed by atoms with Crippen LogP contribution in [0.2, 0.25) is 0 Å². The molecule has 0 bridgehead atoms. The Bertz CT molecular complexity index is 1020. The first-order valence-corrected chi connectivity index (χ1v) is 10.4. The van der Waals surface area contributed by atoms with Gasteiger partial charge in [0.05, 0.1) is 5.69 Å². The Morgan fingerprint density at radius 2 is 2.00 bits per heavy atom. The molecule has 9 nitrogen and oxygen atoms in total. The number of hydrogen-bond acceptors (Lipinski definition) is 6. The molecule has 0 radical (unpaired) electrons. The van der Waals surface area contributed by atoms with Crippen molar-refractivity contribution in [2.24, 2.45) is 5.10 Å². The molecular weight excluding hydrogens is 384 g/mol. The van der Waals surface area contributed by atoms with Crippen LogP contribution in [0.25, 0.3) is 0 Å². The number of carbonyl (C=O) groups is 2. The van der Waals surface area contributed by atoms with Gasteiger partial charge >= 0.3 is 5.69 Å². The van der Waals surface area contributed by atoms with Gasteiger partial charge in [-0.25, -0.2) is 9.48 Å². The van der Waals surface area contributed by atoms with E-state index in [1.165, 1.54) is 11.6 Å². The highest BCUT2D eigenvalue weighted by molar-refractivity contribution is 6.40. The van der Waals surface area contributed by atoms with Crippen molar-refractivity contribution in [3.63, 3.8) is 0 Å². The minimum atomic E-state index is -0.469. The molecule has 1 amide bonds. The van der Waals surface area contributed by atoms with Crippen LogP contribution in [0.4, 0.5) is 5.69 Å². The Hall–Kier alpha value is -3.23. The molecule has 1 unspecified atom stereocenters. The van der Waals surface area contributed by atoms with Crippen LogP contribution in [0.3, 0.4) is 0 Å². The number of aromatic nitrogens is 3. The van der Waals surface area contributed by atoms with Crippen molar-refractivity contribution in [1.29, 1.82) is 0 Å². The third-order valence-corrected chi connectivity index (χ3v) is 5.53. The second kappa shape index (κ2) is 8.64. The van der Waals surface area contributed by atoms with Crippen LogP contribution in [0.15, 0.2) is 40.2 Å². The first kappa shape index (κ1) is 20.1. The molecule has 9 heteroatoms. The van der Waals surface area contributed by atoms with Gasteiger partial charge in [-0.2, -0.15) is 10.2 Å². The van der Waals surface area contributed by atoms with E-state index in [0.29, 0.717) is 25.2 Å². The van der Waals surface area contributed by atoms with E-state index in [4.69, 9.17) is 0 Å². The van der Waals surface area contributed by atoms with Crippen molar-refractivity contribution in [3.8, 4) is 0 Å². The normalized spacial score (nSPS) is 18.1. The van der Waals surface area contributed by atoms with Crippen molar-refractivity contribution in [3.05, 3.63) is 46.6 Å². The number of rotatable bonds is 7. The molecule has 4 rings (SSSR count). The standard InChI is InChI=1S/C21H26N6O3/c1-15(28)18-14-17(23-27(18)16-8-3-2-4-9-16)20(29)22-11-7-13-26-21(30)25-12-6-5-10-19(25)24-26/h2-4,8-9,18H,5-7,10-14H2,1H3,(H,22,29). The smallest absolute Gasteiger partial charge is 0.345 e. The summed E-state index contributed by atoms with van der Waals surface area (Å²) < 4.78 is 3.23. The summed E-state index contributed by atoms with van der Waals surface area (Å²) in [5.41, 5.74) is 1.05. The number of nitrogens with one attached hydrogen (secondary N) is 1. The van der Waals surface area contributed by atoms with Crippen LogP contribution in [0.5, 0.6) is 0 Å². The van der Waals surface area contributed by atoms with Gasteiger partial charge in [0.2, 0.25) is 0 Å². The highest BCUT2D eigenvalue weighted by Gasteiger charge is 2.34. The van der Waals surface area contributed by atoms with Crippen molar-refractivity contribution in [2.75, 3.05) is 11.6 Å². The number of carbonyl (C=O) groups excluding carboxylic acids is 2. The number of para-hydroxylation sites is 1. The first-order chi connectivity index (χ1) is 14.5. The van der Waals surface area contributed by atoms with E-state index in [2.05, 4.69) is 15.5 Å². The van der Waals surface area contributed by atoms with Gasteiger partial charge in [0.25, 0.3) is 5.91 Å². The summed E-state index contributed by atoms with van der Waals surface area (Å²) in [5, 5.41) is 13.3. The number of ketones is 1.